The Morgan fingerprint density at radius 2 is 2.38 bits per heavy atom. The van der Waals surface area contributed by atoms with Crippen molar-refractivity contribution in [3.05, 3.63) is 46.3 Å². The van der Waals surface area contributed by atoms with Crippen molar-refractivity contribution >= 4 is 23.1 Å². The maximum Gasteiger partial charge on any atom is 0.222 e. The van der Waals surface area contributed by atoms with Gasteiger partial charge in [0.25, 0.3) is 0 Å². The fourth-order valence-corrected chi connectivity index (χ4v) is 3.91. The van der Waals surface area contributed by atoms with Crippen molar-refractivity contribution in [1.29, 1.82) is 0 Å². The molecule has 3 heterocycles. The average molecular weight is 344 g/mol. The smallest absolute Gasteiger partial charge is 0.222 e. The molecule has 1 saturated heterocycles. The number of carbonyl (C=O) groups excluding carboxylic acids is 1. The van der Waals surface area contributed by atoms with Gasteiger partial charge in [0.15, 0.2) is 0 Å². The third-order valence-electron chi connectivity index (χ3n) is 4.56. The summed E-state index contributed by atoms with van der Waals surface area (Å²) in [4.78, 5) is 19.6. The molecule has 0 saturated carbocycles. The molecule has 3 N–H and O–H groups in total. The van der Waals surface area contributed by atoms with Gasteiger partial charge >= 0.3 is 0 Å². The molecule has 1 aliphatic heterocycles. The van der Waals surface area contributed by atoms with Gasteiger partial charge in [-0.1, -0.05) is 12.1 Å². The first kappa shape index (κ1) is 16.9. The second-order valence-electron chi connectivity index (χ2n) is 6.29. The van der Waals surface area contributed by atoms with E-state index in [-0.39, 0.29) is 11.8 Å². The number of primary amides is 1. The highest BCUT2D eigenvalue weighted by Gasteiger charge is 2.26. The van der Waals surface area contributed by atoms with Gasteiger partial charge in [0.2, 0.25) is 5.91 Å². The van der Waals surface area contributed by atoms with E-state index in [1.165, 1.54) is 4.88 Å². The molecule has 2 aromatic heterocycles. The molecule has 5 nitrogen and oxygen atoms in total. The van der Waals surface area contributed by atoms with E-state index in [4.69, 9.17) is 5.73 Å². The van der Waals surface area contributed by atoms with Crippen LogP contribution in [-0.4, -0.2) is 24.0 Å². The number of hydrogen-bond donors (Lipinski definition) is 2. The lowest BCUT2D eigenvalue weighted by Crippen LogP contribution is -2.42. The van der Waals surface area contributed by atoms with Gasteiger partial charge in [-0.25, -0.2) is 4.98 Å². The van der Waals surface area contributed by atoms with Crippen molar-refractivity contribution in [2.45, 2.75) is 32.4 Å². The first-order valence-corrected chi connectivity index (χ1v) is 9.28. The van der Waals surface area contributed by atoms with Crippen molar-refractivity contribution < 1.29 is 4.79 Å². The van der Waals surface area contributed by atoms with Gasteiger partial charge in [0, 0.05) is 42.3 Å². The van der Waals surface area contributed by atoms with Crippen LogP contribution in [-0.2, 0) is 11.3 Å². The topological polar surface area (TPSA) is 71.2 Å². The molecule has 128 valence electrons. The van der Waals surface area contributed by atoms with Gasteiger partial charge in [0.05, 0.1) is 5.92 Å². The minimum Gasteiger partial charge on any atom is -0.369 e. The Hall–Kier alpha value is -1.92. The van der Waals surface area contributed by atoms with E-state index in [1.807, 2.05) is 12.3 Å². The number of pyridine rings is 1. The van der Waals surface area contributed by atoms with Crippen molar-refractivity contribution in [2.24, 2.45) is 11.7 Å². The van der Waals surface area contributed by atoms with Crippen molar-refractivity contribution in [3.8, 4) is 0 Å². The molecule has 0 aromatic carbocycles. The number of nitrogens with one attached hydrogen (secondary N) is 1. The van der Waals surface area contributed by atoms with E-state index >= 15 is 0 Å². The van der Waals surface area contributed by atoms with Crippen LogP contribution in [0.1, 0.15) is 36.2 Å². The molecule has 0 radical (unpaired) electrons. The molecule has 2 atom stereocenters. The Morgan fingerprint density at radius 1 is 1.50 bits per heavy atom. The monoisotopic (exact) mass is 344 g/mol. The number of aromatic nitrogens is 1. The van der Waals surface area contributed by atoms with Crippen LogP contribution in [0.25, 0.3) is 0 Å². The minimum absolute atomic E-state index is 0.0772. The Kier molecular flexibility index (Phi) is 5.48. The first-order chi connectivity index (χ1) is 11.6. The highest BCUT2D eigenvalue weighted by molar-refractivity contribution is 7.10. The maximum atomic E-state index is 11.5. The molecule has 1 fully saturated rings. The van der Waals surface area contributed by atoms with E-state index in [9.17, 15) is 4.79 Å². The summed E-state index contributed by atoms with van der Waals surface area (Å²) in [6, 6.07) is 8.59. The zero-order chi connectivity index (χ0) is 16.9. The van der Waals surface area contributed by atoms with Crippen LogP contribution in [0.15, 0.2) is 35.8 Å². The fourth-order valence-electron chi connectivity index (χ4n) is 3.16. The molecule has 1 aliphatic rings. The lowest BCUT2D eigenvalue weighted by atomic mass is 9.97. The zero-order valence-electron chi connectivity index (χ0n) is 13.9. The molecule has 0 bridgehead atoms. The third-order valence-corrected chi connectivity index (χ3v) is 5.61. The van der Waals surface area contributed by atoms with Crippen LogP contribution in [0.2, 0.25) is 0 Å². The quantitative estimate of drug-likeness (QED) is 0.845. The standard InChI is InChI=1S/C18H24N4OS/c1-13(16-7-4-10-24-16)21-11-14-5-2-8-20-18(14)22-9-3-6-15(12-22)17(19)23/h2,4-5,7-8,10,13,15,21H,3,6,9,11-12H2,1H3,(H2,19,23)/t13-,15+/m1/s1. The zero-order valence-corrected chi connectivity index (χ0v) is 14.8. The number of thiophene rings is 1. The Morgan fingerprint density at radius 3 is 3.12 bits per heavy atom. The summed E-state index contributed by atoms with van der Waals surface area (Å²) in [5.41, 5.74) is 6.66. The second-order valence-corrected chi connectivity index (χ2v) is 7.27. The molecule has 24 heavy (non-hydrogen) atoms. The summed E-state index contributed by atoms with van der Waals surface area (Å²) < 4.78 is 0. The Balaban J connectivity index is 1.69. The predicted octanol–water partition coefficient (Wildman–Crippen LogP) is 2.70. The number of rotatable bonds is 6. The molecule has 3 rings (SSSR count). The fraction of sp³-hybridized carbons (Fsp3) is 0.444. The van der Waals surface area contributed by atoms with Gasteiger partial charge in [-0.05, 0) is 37.3 Å². The van der Waals surface area contributed by atoms with Crippen LogP contribution >= 0.6 is 11.3 Å². The van der Waals surface area contributed by atoms with Crippen LogP contribution < -0.4 is 16.0 Å². The number of piperidine rings is 1. The van der Waals surface area contributed by atoms with Gasteiger partial charge in [0.1, 0.15) is 5.82 Å². The van der Waals surface area contributed by atoms with Crippen molar-refractivity contribution in [2.75, 3.05) is 18.0 Å². The van der Waals surface area contributed by atoms with Gasteiger partial charge < -0.3 is 16.0 Å². The summed E-state index contributed by atoms with van der Waals surface area (Å²) in [5.74, 6) is 0.683. The number of nitrogens with zero attached hydrogens (tertiary/aromatic N) is 2. The molecule has 0 aliphatic carbocycles. The Labute approximate surface area is 146 Å². The lowest BCUT2D eigenvalue weighted by molar-refractivity contribution is -0.122. The van der Waals surface area contributed by atoms with Crippen LogP contribution in [0.3, 0.4) is 0 Å². The van der Waals surface area contributed by atoms with Crippen LogP contribution in [0.4, 0.5) is 5.82 Å². The number of anilines is 1. The molecule has 0 spiro atoms. The van der Waals surface area contributed by atoms with Crippen LogP contribution in [0, 0.1) is 5.92 Å². The predicted molar refractivity (Wildman–Crippen MR) is 97.9 cm³/mol. The SMILES string of the molecule is C[C@@H](NCc1cccnc1N1CCC[C@H](C(N)=O)C1)c1cccs1. The highest BCUT2D eigenvalue weighted by atomic mass is 32.1. The van der Waals surface area contributed by atoms with E-state index in [2.05, 4.69) is 45.7 Å². The Bertz CT molecular complexity index is 673. The summed E-state index contributed by atoms with van der Waals surface area (Å²) >= 11 is 1.76. The van der Waals surface area contributed by atoms with Gasteiger partial charge in [-0.15, -0.1) is 11.3 Å². The average Bonchev–Trinajstić information content (AvgIpc) is 3.15. The molecular formula is C18H24N4OS. The van der Waals surface area contributed by atoms with Crippen LogP contribution in [0.5, 0.6) is 0 Å². The highest BCUT2D eigenvalue weighted by Crippen LogP contribution is 2.25. The number of carbonyl (C=O) groups is 1. The van der Waals surface area contributed by atoms with E-state index < -0.39 is 0 Å². The summed E-state index contributed by atoms with van der Waals surface area (Å²) in [6.45, 7) is 4.51. The van der Waals surface area contributed by atoms with Crippen molar-refractivity contribution in [3.63, 3.8) is 0 Å². The van der Waals surface area contributed by atoms with Gasteiger partial charge in [-0.3, -0.25) is 4.79 Å². The number of hydrogen-bond acceptors (Lipinski definition) is 5. The third kappa shape index (κ3) is 3.94. The summed E-state index contributed by atoms with van der Waals surface area (Å²) in [7, 11) is 0. The summed E-state index contributed by atoms with van der Waals surface area (Å²) in [6.07, 6.45) is 3.67. The molecule has 1 amide bonds. The number of amides is 1. The second kappa shape index (κ2) is 7.77. The summed E-state index contributed by atoms with van der Waals surface area (Å²) in [5, 5.41) is 5.66. The molecule has 0 unspecified atom stereocenters. The lowest BCUT2D eigenvalue weighted by Gasteiger charge is -2.33. The van der Waals surface area contributed by atoms with Crippen molar-refractivity contribution in [1.82, 2.24) is 10.3 Å². The molecule has 2 aromatic rings. The molecule has 6 heteroatoms. The molecular weight excluding hydrogens is 320 g/mol. The first-order valence-electron chi connectivity index (χ1n) is 8.40. The normalized spacial score (nSPS) is 19.2. The van der Waals surface area contributed by atoms with E-state index in [0.29, 0.717) is 12.6 Å². The van der Waals surface area contributed by atoms with Gasteiger partial charge in [-0.2, -0.15) is 0 Å². The number of nitrogens with two attached hydrogens (primary N) is 1. The minimum atomic E-state index is -0.207. The van der Waals surface area contributed by atoms with E-state index in [0.717, 1.165) is 37.3 Å². The maximum absolute atomic E-state index is 11.5. The van der Waals surface area contributed by atoms with E-state index in [1.54, 1.807) is 11.3 Å². The largest absolute Gasteiger partial charge is 0.369 e.